The van der Waals surface area contributed by atoms with Gasteiger partial charge in [-0.15, -0.1) is 6.58 Å². The molecule has 2 aromatic rings. The van der Waals surface area contributed by atoms with Gasteiger partial charge in [0, 0.05) is 12.1 Å². The number of fused-ring (bicyclic) bond motifs is 1. The van der Waals surface area contributed by atoms with E-state index in [9.17, 15) is 9.90 Å². The minimum absolute atomic E-state index is 0.0841. The number of carbonyl (C=O) groups is 1. The number of hydrogen-bond donors (Lipinski definition) is 2. The van der Waals surface area contributed by atoms with E-state index in [1.54, 1.807) is 12.1 Å². The fraction of sp³-hybridized carbons (Fsp3) is 0.188. The van der Waals surface area contributed by atoms with Crippen LogP contribution in [-0.4, -0.2) is 24.2 Å². The van der Waals surface area contributed by atoms with Crippen LogP contribution in [-0.2, 0) is 11.4 Å². The Morgan fingerprint density at radius 1 is 1.30 bits per heavy atom. The Hall–Kier alpha value is -2.33. The maximum Gasteiger partial charge on any atom is 0.258 e. The fourth-order valence-corrected chi connectivity index (χ4v) is 1.99. The predicted octanol–water partition coefficient (Wildman–Crippen LogP) is 2.01. The van der Waals surface area contributed by atoms with E-state index in [-0.39, 0.29) is 19.1 Å². The predicted molar refractivity (Wildman–Crippen MR) is 78.6 cm³/mol. The first-order chi connectivity index (χ1) is 9.76. The van der Waals surface area contributed by atoms with E-state index in [1.807, 2.05) is 30.3 Å². The molecule has 0 aliphatic heterocycles. The molecule has 4 heteroatoms. The van der Waals surface area contributed by atoms with Gasteiger partial charge >= 0.3 is 0 Å². The average Bonchev–Trinajstić information content (AvgIpc) is 2.50. The molecule has 1 amide bonds. The van der Waals surface area contributed by atoms with Gasteiger partial charge in [-0.05, 0) is 16.8 Å². The van der Waals surface area contributed by atoms with Crippen LogP contribution in [0.4, 0.5) is 0 Å². The summed E-state index contributed by atoms with van der Waals surface area (Å²) in [5.74, 6) is 0.307. The molecule has 0 fully saturated rings. The maximum atomic E-state index is 11.5. The number of hydrogen-bond acceptors (Lipinski definition) is 3. The van der Waals surface area contributed by atoms with E-state index in [1.165, 1.54) is 0 Å². The fourth-order valence-electron chi connectivity index (χ4n) is 1.99. The molecule has 2 aromatic carbocycles. The Balaban J connectivity index is 2.17. The molecule has 20 heavy (non-hydrogen) atoms. The van der Waals surface area contributed by atoms with E-state index < -0.39 is 0 Å². The number of nitrogens with one attached hydrogen (secondary N) is 1. The molecular formula is C16H17NO3. The van der Waals surface area contributed by atoms with Crippen LogP contribution >= 0.6 is 0 Å². The highest BCUT2D eigenvalue weighted by Gasteiger charge is 2.09. The molecule has 2 rings (SSSR count). The van der Waals surface area contributed by atoms with Gasteiger partial charge in [0.15, 0.2) is 6.61 Å². The van der Waals surface area contributed by atoms with Crippen LogP contribution < -0.4 is 10.1 Å². The van der Waals surface area contributed by atoms with Crippen LogP contribution in [0.3, 0.4) is 0 Å². The lowest BCUT2D eigenvalue weighted by Gasteiger charge is -2.12. The molecule has 0 aliphatic rings. The first-order valence-electron chi connectivity index (χ1n) is 6.38. The third-order valence-electron chi connectivity index (χ3n) is 2.96. The van der Waals surface area contributed by atoms with Crippen LogP contribution in [0, 0.1) is 0 Å². The summed E-state index contributed by atoms with van der Waals surface area (Å²) in [6.45, 7) is 3.72. The first kappa shape index (κ1) is 14.1. The summed E-state index contributed by atoms with van der Waals surface area (Å²) in [7, 11) is 0. The lowest BCUT2D eigenvalue weighted by molar-refractivity contribution is -0.122. The number of rotatable bonds is 6. The number of carbonyl (C=O) groups excluding carboxylic acids is 1. The molecule has 0 saturated heterocycles. The smallest absolute Gasteiger partial charge is 0.258 e. The van der Waals surface area contributed by atoms with E-state index in [0.29, 0.717) is 17.9 Å². The third-order valence-corrected chi connectivity index (χ3v) is 2.96. The summed E-state index contributed by atoms with van der Waals surface area (Å²) in [4.78, 5) is 11.5. The van der Waals surface area contributed by atoms with Gasteiger partial charge in [-0.2, -0.15) is 0 Å². The SMILES string of the molecule is C=CCNC(=O)COc1ccc2ccccc2c1CO. The van der Waals surface area contributed by atoms with Crippen molar-refractivity contribution in [2.75, 3.05) is 13.2 Å². The molecule has 104 valence electrons. The lowest BCUT2D eigenvalue weighted by atomic mass is 10.0. The van der Waals surface area contributed by atoms with Crippen molar-refractivity contribution in [1.82, 2.24) is 5.32 Å². The van der Waals surface area contributed by atoms with Crippen molar-refractivity contribution in [3.8, 4) is 5.75 Å². The van der Waals surface area contributed by atoms with E-state index in [4.69, 9.17) is 4.74 Å². The Bertz CT molecular complexity index is 622. The van der Waals surface area contributed by atoms with Crippen molar-refractivity contribution in [3.63, 3.8) is 0 Å². The highest BCUT2D eigenvalue weighted by Crippen LogP contribution is 2.28. The van der Waals surface area contributed by atoms with Gasteiger partial charge in [0.2, 0.25) is 0 Å². The van der Waals surface area contributed by atoms with E-state index in [2.05, 4.69) is 11.9 Å². The van der Waals surface area contributed by atoms with Crippen molar-refractivity contribution < 1.29 is 14.6 Å². The second-order valence-corrected chi connectivity index (χ2v) is 4.30. The van der Waals surface area contributed by atoms with Crippen molar-refractivity contribution in [2.45, 2.75) is 6.61 Å². The van der Waals surface area contributed by atoms with Gasteiger partial charge in [0.25, 0.3) is 5.91 Å². The van der Waals surface area contributed by atoms with Crippen LogP contribution in [0.1, 0.15) is 5.56 Å². The first-order valence-corrected chi connectivity index (χ1v) is 6.38. The van der Waals surface area contributed by atoms with Crippen LogP contribution in [0.15, 0.2) is 49.1 Å². The highest BCUT2D eigenvalue weighted by molar-refractivity contribution is 5.87. The highest BCUT2D eigenvalue weighted by atomic mass is 16.5. The van der Waals surface area contributed by atoms with Gasteiger partial charge in [0.05, 0.1) is 6.61 Å². The molecule has 4 nitrogen and oxygen atoms in total. The van der Waals surface area contributed by atoms with Gasteiger partial charge in [-0.25, -0.2) is 0 Å². The Kier molecular flexibility index (Phi) is 4.74. The zero-order chi connectivity index (χ0) is 14.4. The number of aliphatic hydroxyl groups is 1. The zero-order valence-electron chi connectivity index (χ0n) is 11.1. The summed E-state index contributed by atoms with van der Waals surface area (Å²) in [6.07, 6.45) is 1.60. The van der Waals surface area contributed by atoms with E-state index >= 15 is 0 Å². The van der Waals surface area contributed by atoms with Crippen molar-refractivity contribution in [2.24, 2.45) is 0 Å². The lowest BCUT2D eigenvalue weighted by Crippen LogP contribution is -2.28. The molecule has 0 aliphatic carbocycles. The summed E-state index contributed by atoms with van der Waals surface area (Å²) in [6, 6.07) is 11.4. The molecule has 0 bridgehead atoms. The van der Waals surface area contributed by atoms with Crippen molar-refractivity contribution in [3.05, 3.63) is 54.6 Å². The standard InChI is InChI=1S/C16H17NO3/c1-2-9-17-16(19)11-20-15-8-7-12-5-3-4-6-13(12)14(15)10-18/h2-8,18H,1,9-11H2,(H,17,19). The van der Waals surface area contributed by atoms with Crippen LogP contribution in [0.25, 0.3) is 10.8 Å². The number of amides is 1. The topological polar surface area (TPSA) is 58.6 Å². The van der Waals surface area contributed by atoms with Crippen LogP contribution in [0.5, 0.6) is 5.75 Å². The summed E-state index contributed by atoms with van der Waals surface area (Å²) in [5.41, 5.74) is 0.694. The van der Waals surface area contributed by atoms with Crippen LogP contribution in [0.2, 0.25) is 0 Å². The summed E-state index contributed by atoms with van der Waals surface area (Å²) >= 11 is 0. The molecule has 2 N–H and O–H groups in total. The second kappa shape index (κ2) is 6.73. The molecule has 0 spiro atoms. The largest absolute Gasteiger partial charge is 0.483 e. The monoisotopic (exact) mass is 271 g/mol. The van der Waals surface area contributed by atoms with E-state index in [0.717, 1.165) is 10.8 Å². The second-order valence-electron chi connectivity index (χ2n) is 4.30. The van der Waals surface area contributed by atoms with Gasteiger partial charge in [-0.1, -0.05) is 36.4 Å². The summed E-state index contributed by atoms with van der Waals surface area (Å²) < 4.78 is 5.49. The minimum Gasteiger partial charge on any atom is -0.483 e. The van der Waals surface area contributed by atoms with Crippen molar-refractivity contribution >= 4 is 16.7 Å². The summed E-state index contributed by atoms with van der Waals surface area (Å²) in [5, 5.41) is 14.1. The molecule has 0 radical (unpaired) electrons. The minimum atomic E-state index is -0.220. The zero-order valence-corrected chi connectivity index (χ0v) is 11.1. The van der Waals surface area contributed by atoms with Gasteiger partial charge < -0.3 is 15.2 Å². The Morgan fingerprint density at radius 3 is 2.85 bits per heavy atom. The molecule has 0 atom stereocenters. The molecular weight excluding hydrogens is 254 g/mol. The van der Waals surface area contributed by atoms with Gasteiger partial charge in [0.1, 0.15) is 5.75 Å². The number of aliphatic hydroxyl groups excluding tert-OH is 1. The third kappa shape index (κ3) is 3.16. The maximum absolute atomic E-state index is 11.5. The Morgan fingerprint density at radius 2 is 2.10 bits per heavy atom. The Labute approximate surface area is 117 Å². The number of benzene rings is 2. The molecule has 0 saturated carbocycles. The van der Waals surface area contributed by atoms with Gasteiger partial charge in [-0.3, -0.25) is 4.79 Å². The molecule has 0 aromatic heterocycles. The molecule has 0 unspecified atom stereocenters. The van der Waals surface area contributed by atoms with Crippen molar-refractivity contribution in [1.29, 1.82) is 0 Å². The average molecular weight is 271 g/mol. The number of ether oxygens (including phenoxy) is 1. The molecule has 0 heterocycles. The normalized spacial score (nSPS) is 10.2. The quantitative estimate of drug-likeness (QED) is 0.790.